The molecule has 2 aromatic heterocycles. The van der Waals surface area contributed by atoms with E-state index in [1.54, 1.807) is 10.9 Å². The molecule has 2 rings (SSSR count). The summed E-state index contributed by atoms with van der Waals surface area (Å²) in [6.07, 6.45) is 6.53. The molecule has 15 heavy (non-hydrogen) atoms. The maximum absolute atomic E-state index is 4.29. The Morgan fingerprint density at radius 3 is 2.53 bits per heavy atom. The van der Waals surface area contributed by atoms with Crippen LogP contribution in [-0.2, 0) is 6.42 Å². The van der Waals surface area contributed by atoms with Gasteiger partial charge in [-0.1, -0.05) is 26.8 Å². The van der Waals surface area contributed by atoms with Crippen molar-refractivity contribution < 1.29 is 0 Å². The Labute approximate surface area is 90.8 Å². The van der Waals surface area contributed by atoms with Crippen LogP contribution in [0.25, 0.3) is 5.82 Å². The van der Waals surface area contributed by atoms with Gasteiger partial charge in [0.2, 0.25) is 0 Å². The van der Waals surface area contributed by atoms with Crippen LogP contribution in [0.4, 0.5) is 0 Å². The molecule has 3 heteroatoms. The summed E-state index contributed by atoms with van der Waals surface area (Å²) < 4.78 is 1.75. The largest absolute Gasteiger partial charge is 0.237 e. The molecule has 0 fully saturated rings. The van der Waals surface area contributed by atoms with Crippen molar-refractivity contribution in [2.24, 2.45) is 0 Å². The summed E-state index contributed by atoms with van der Waals surface area (Å²) in [4.78, 5) is 4.29. The van der Waals surface area contributed by atoms with Crippen molar-refractivity contribution in [2.75, 3.05) is 0 Å². The fraction of sp³-hybridized carbons (Fsp3) is 0.333. The molecule has 0 radical (unpaired) electrons. The maximum atomic E-state index is 4.29. The monoisotopic (exact) mass is 203 g/mol. The lowest BCUT2D eigenvalue weighted by Crippen LogP contribution is -1.97. The van der Waals surface area contributed by atoms with Crippen LogP contribution < -0.4 is 0 Å². The maximum Gasteiger partial charge on any atom is 0.153 e. The topological polar surface area (TPSA) is 30.7 Å². The second kappa shape index (κ2) is 5.96. The third kappa shape index (κ3) is 2.91. The van der Waals surface area contributed by atoms with E-state index in [2.05, 4.69) is 23.1 Å². The Hall–Kier alpha value is -1.64. The molecule has 0 spiro atoms. The van der Waals surface area contributed by atoms with Crippen molar-refractivity contribution in [3.8, 4) is 5.82 Å². The highest BCUT2D eigenvalue weighted by atomic mass is 15.3. The molecular formula is C12H17N3. The molecule has 0 saturated heterocycles. The summed E-state index contributed by atoms with van der Waals surface area (Å²) in [5.41, 5.74) is 1.25. The van der Waals surface area contributed by atoms with Gasteiger partial charge in [-0.15, -0.1) is 0 Å². The average molecular weight is 203 g/mol. The smallest absolute Gasteiger partial charge is 0.153 e. The molecule has 0 aliphatic heterocycles. The molecule has 2 aromatic rings. The van der Waals surface area contributed by atoms with Gasteiger partial charge in [-0.25, -0.2) is 9.67 Å². The van der Waals surface area contributed by atoms with Gasteiger partial charge in [0.25, 0.3) is 0 Å². The second-order valence-electron chi connectivity index (χ2n) is 2.83. The standard InChI is InChI=1S/C10H11N3.C2H6/c1-2-9-4-5-10(11-8-9)13-7-3-6-12-13;1-2/h3-8H,2H2,1H3;1-2H3. The van der Waals surface area contributed by atoms with Crippen LogP contribution in [0.1, 0.15) is 26.3 Å². The fourth-order valence-electron chi connectivity index (χ4n) is 1.17. The Morgan fingerprint density at radius 2 is 2.07 bits per heavy atom. The number of rotatable bonds is 2. The normalized spacial score (nSPS) is 9.27. The zero-order chi connectivity index (χ0) is 11.1. The van der Waals surface area contributed by atoms with E-state index in [0.717, 1.165) is 12.2 Å². The van der Waals surface area contributed by atoms with Gasteiger partial charge in [-0.3, -0.25) is 0 Å². The average Bonchev–Trinajstić information content (AvgIpc) is 2.85. The van der Waals surface area contributed by atoms with Crippen LogP contribution >= 0.6 is 0 Å². The summed E-state index contributed by atoms with van der Waals surface area (Å²) in [5.74, 6) is 0.863. The van der Waals surface area contributed by atoms with Crippen LogP contribution in [0.3, 0.4) is 0 Å². The third-order valence-corrected chi connectivity index (χ3v) is 1.96. The van der Waals surface area contributed by atoms with Crippen molar-refractivity contribution >= 4 is 0 Å². The lowest BCUT2D eigenvalue weighted by atomic mass is 10.2. The van der Waals surface area contributed by atoms with E-state index >= 15 is 0 Å². The molecule has 80 valence electrons. The van der Waals surface area contributed by atoms with E-state index in [-0.39, 0.29) is 0 Å². The highest BCUT2D eigenvalue weighted by molar-refractivity contribution is 5.24. The van der Waals surface area contributed by atoms with E-state index in [9.17, 15) is 0 Å². The highest BCUT2D eigenvalue weighted by Gasteiger charge is 1.96. The molecule has 0 atom stereocenters. The van der Waals surface area contributed by atoms with Gasteiger partial charge in [0.15, 0.2) is 5.82 Å². The molecule has 0 amide bonds. The Bertz CT molecular complexity index is 362. The van der Waals surface area contributed by atoms with E-state index in [1.807, 2.05) is 38.4 Å². The van der Waals surface area contributed by atoms with Crippen molar-refractivity contribution in [1.29, 1.82) is 0 Å². The van der Waals surface area contributed by atoms with Crippen molar-refractivity contribution in [2.45, 2.75) is 27.2 Å². The molecule has 0 bridgehead atoms. The number of hydrogen-bond acceptors (Lipinski definition) is 2. The van der Waals surface area contributed by atoms with E-state index in [0.29, 0.717) is 0 Å². The van der Waals surface area contributed by atoms with Gasteiger partial charge in [0, 0.05) is 18.6 Å². The molecule has 0 aliphatic carbocycles. The van der Waals surface area contributed by atoms with Crippen LogP contribution in [0, 0.1) is 0 Å². The molecule has 3 nitrogen and oxygen atoms in total. The summed E-state index contributed by atoms with van der Waals surface area (Å²) in [6, 6.07) is 5.94. The van der Waals surface area contributed by atoms with E-state index in [1.165, 1.54) is 5.56 Å². The Kier molecular flexibility index (Phi) is 4.54. The zero-order valence-corrected chi connectivity index (χ0v) is 9.51. The second-order valence-corrected chi connectivity index (χ2v) is 2.83. The summed E-state index contributed by atoms with van der Waals surface area (Å²) >= 11 is 0. The van der Waals surface area contributed by atoms with Crippen LogP contribution in [-0.4, -0.2) is 14.8 Å². The first-order valence-electron chi connectivity index (χ1n) is 5.35. The van der Waals surface area contributed by atoms with Crippen molar-refractivity contribution in [3.63, 3.8) is 0 Å². The minimum absolute atomic E-state index is 0.863. The number of pyridine rings is 1. The quantitative estimate of drug-likeness (QED) is 0.751. The Morgan fingerprint density at radius 1 is 1.27 bits per heavy atom. The number of aromatic nitrogens is 3. The summed E-state index contributed by atoms with van der Waals surface area (Å²) in [6.45, 7) is 6.12. The fourth-order valence-corrected chi connectivity index (χ4v) is 1.17. The number of hydrogen-bond donors (Lipinski definition) is 0. The van der Waals surface area contributed by atoms with Gasteiger partial charge < -0.3 is 0 Å². The van der Waals surface area contributed by atoms with Gasteiger partial charge in [0.05, 0.1) is 0 Å². The lowest BCUT2D eigenvalue weighted by molar-refractivity contribution is 0.843. The SMILES string of the molecule is CC.CCc1ccc(-n2cccn2)nc1. The number of aryl methyl sites for hydroxylation is 1. The predicted octanol–water partition coefficient (Wildman–Crippen LogP) is 2.86. The predicted molar refractivity (Wildman–Crippen MR) is 62.1 cm³/mol. The molecule has 0 aromatic carbocycles. The first kappa shape index (κ1) is 11.4. The van der Waals surface area contributed by atoms with E-state index < -0.39 is 0 Å². The Balaban J connectivity index is 0.000000531. The van der Waals surface area contributed by atoms with Gasteiger partial charge in [-0.05, 0) is 24.1 Å². The minimum Gasteiger partial charge on any atom is -0.237 e. The van der Waals surface area contributed by atoms with Crippen molar-refractivity contribution in [3.05, 3.63) is 42.4 Å². The molecular weight excluding hydrogens is 186 g/mol. The van der Waals surface area contributed by atoms with Crippen LogP contribution in [0.2, 0.25) is 0 Å². The van der Waals surface area contributed by atoms with Gasteiger partial charge in [-0.2, -0.15) is 5.10 Å². The highest BCUT2D eigenvalue weighted by Crippen LogP contribution is 2.04. The van der Waals surface area contributed by atoms with Crippen LogP contribution in [0.5, 0.6) is 0 Å². The first-order valence-corrected chi connectivity index (χ1v) is 5.35. The molecule has 0 saturated carbocycles. The molecule has 0 unspecified atom stereocenters. The van der Waals surface area contributed by atoms with E-state index in [4.69, 9.17) is 0 Å². The number of nitrogens with zero attached hydrogens (tertiary/aromatic N) is 3. The molecule has 0 aliphatic rings. The van der Waals surface area contributed by atoms with Gasteiger partial charge >= 0.3 is 0 Å². The molecule has 2 heterocycles. The van der Waals surface area contributed by atoms with Gasteiger partial charge in [0.1, 0.15) is 0 Å². The summed E-state index contributed by atoms with van der Waals surface area (Å²) in [7, 11) is 0. The molecule has 0 N–H and O–H groups in total. The third-order valence-electron chi connectivity index (χ3n) is 1.96. The lowest BCUT2D eigenvalue weighted by Gasteiger charge is -2.00. The summed E-state index contributed by atoms with van der Waals surface area (Å²) in [5, 5.41) is 4.10. The van der Waals surface area contributed by atoms with Crippen molar-refractivity contribution in [1.82, 2.24) is 14.8 Å². The zero-order valence-electron chi connectivity index (χ0n) is 9.51. The first-order chi connectivity index (χ1) is 7.40. The van der Waals surface area contributed by atoms with Crippen LogP contribution in [0.15, 0.2) is 36.8 Å². The minimum atomic E-state index is 0.863.